The third-order valence-electron chi connectivity index (χ3n) is 4.36. The highest BCUT2D eigenvalue weighted by Gasteiger charge is 2.14. The first-order valence-corrected chi connectivity index (χ1v) is 8.83. The van der Waals surface area contributed by atoms with Gasteiger partial charge in [-0.1, -0.05) is 12.1 Å². The zero-order valence-electron chi connectivity index (χ0n) is 15.8. The molecule has 1 amide bonds. The van der Waals surface area contributed by atoms with Gasteiger partial charge in [0.15, 0.2) is 0 Å². The lowest BCUT2D eigenvalue weighted by atomic mass is 10.1. The van der Waals surface area contributed by atoms with Crippen LogP contribution in [0, 0.1) is 13.8 Å². The molecule has 138 valence electrons. The van der Waals surface area contributed by atoms with Gasteiger partial charge in [0.2, 0.25) is 0 Å². The van der Waals surface area contributed by atoms with Gasteiger partial charge in [0.05, 0.1) is 12.4 Å². The maximum Gasteiger partial charge on any atom is 0.273 e. The molecule has 0 aliphatic heterocycles. The van der Waals surface area contributed by atoms with E-state index in [4.69, 9.17) is 0 Å². The Bertz CT molecular complexity index is 910. The maximum absolute atomic E-state index is 12.5. The van der Waals surface area contributed by atoms with Crippen LogP contribution in [-0.4, -0.2) is 39.4 Å². The van der Waals surface area contributed by atoms with E-state index >= 15 is 0 Å². The third-order valence-corrected chi connectivity index (χ3v) is 4.36. The summed E-state index contributed by atoms with van der Waals surface area (Å²) < 4.78 is 0. The minimum atomic E-state index is -0.144. The van der Waals surface area contributed by atoms with E-state index in [1.54, 1.807) is 30.5 Å². The van der Waals surface area contributed by atoms with Crippen molar-refractivity contribution in [1.82, 2.24) is 19.9 Å². The minimum Gasteiger partial charge on any atom is -0.340 e. The van der Waals surface area contributed by atoms with E-state index in [2.05, 4.69) is 38.5 Å². The van der Waals surface area contributed by atoms with Crippen LogP contribution >= 0.6 is 0 Å². The summed E-state index contributed by atoms with van der Waals surface area (Å²) in [7, 11) is 1.77. The molecule has 1 aromatic carbocycles. The van der Waals surface area contributed by atoms with E-state index in [0.29, 0.717) is 18.1 Å². The molecule has 2 heterocycles. The second-order valence-corrected chi connectivity index (χ2v) is 6.56. The number of benzene rings is 1. The van der Waals surface area contributed by atoms with Crippen LogP contribution in [0.2, 0.25) is 0 Å². The first-order valence-electron chi connectivity index (χ1n) is 8.83. The van der Waals surface area contributed by atoms with E-state index in [0.717, 1.165) is 23.2 Å². The first-order chi connectivity index (χ1) is 13.0. The van der Waals surface area contributed by atoms with Crippen molar-refractivity contribution in [2.24, 2.45) is 0 Å². The van der Waals surface area contributed by atoms with E-state index in [1.807, 2.05) is 26.0 Å². The molecule has 6 heteroatoms. The van der Waals surface area contributed by atoms with Gasteiger partial charge in [0, 0.05) is 31.7 Å². The third kappa shape index (κ3) is 4.88. The number of nitrogens with zero attached hydrogens (tertiary/aromatic N) is 4. The number of amides is 1. The molecule has 0 saturated carbocycles. The number of carbonyl (C=O) groups excluding carboxylic acids is 1. The van der Waals surface area contributed by atoms with Gasteiger partial charge in [-0.25, -0.2) is 9.97 Å². The first kappa shape index (κ1) is 18.5. The molecule has 3 aromatic rings. The summed E-state index contributed by atoms with van der Waals surface area (Å²) in [5.74, 6) is 0.467. The number of rotatable bonds is 6. The fourth-order valence-electron chi connectivity index (χ4n) is 2.65. The number of nitrogens with one attached hydrogen (secondary N) is 1. The van der Waals surface area contributed by atoms with Crippen molar-refractivity contribution in [1.29, 1.82) is 0 Å². The molecule has 2 aromatic heterocycles. The highest BCUT2D eigenvalue weighted by Crippen LogP contribution is 2.20. The van der Waals surface area contributed by atoms with Crippen molar-refractivity contribution >= 4 is 17.4 Å². The maximum atomic E-state index is 12.5. The lowest BCUT2D eigenvalue weighted by Gasteiger charge is -2.16. The fourth-order valence-corrected chi connectivity index (χ4v) is 2.65. The van der Waals surface area contributed by atoms with Crippen LogP contribution < -0.4 is 5.32 Å². The van der Waals surface area contributed by atoms with Crippen molar-refractivity contribution < 1.29 is 4.79 Å². The van der Waals surface area contributed by atoms with Crippen LogP contribution in [0.3, 0.4) is 0 Å². The zero-order valence-corrected chi connectivity index (χ0v) is 15.8. The van der Waals surface area contributed by atoms with Crippen LogP contribution in [0.5, 0.6) is 0 Å². The number of aryl methyl sites for hydroxylation is 2. The summed E-state index contributed by atoms with van der Waals surface area (Å²) in [6.45, 7) is 4.68. The molecular formula is C21H23N5O. The second-order valence-electron chi connectivity index (χ2n) is 6.56. The smallest absolute Gasteiger partial charge is 0.273 e. The van der Waals surface area contributed by atoms with Crippen molar-refractivity contribution in [3.8, 4) is 0 Å². The Morgan fingerprint density at radius 3 is 2.56 bits per heavy atom. The topological polar surface area (TPSA) is 71.0 Å². The Balaban J connectivity index is 1.62. The number of hydrogen-bond acceptors (Lipinski definition) is 5. The van der Waals surface area contributed by atoms with E-state index in [1.165, 1.54) is 11.8 Å². The van der Waals surface area contributed by atoms with Gasteiger partial charge in [0.1, 0.15) is 11.5 Å². The van der Waals surface area contributed by atoms with Gasteiger partial charge in [-0.2, -0.15) is 0 Å². The molecular weight excluding hydrogens is 338 g/mol. The van der Waals surface area contributed by atoms with Gasteiger partial charge in [0.25, 0.3) is 5.91 Å². The Kier molecular flexibility index (Phi) is 5.76. The number of carbonyl (C=O) groups is 1. The predicted octanol–water partition coefficient (Wildman–Crippen LogP) is 3.55. The average Bonchev–Trinajstić information content (AvgIpc) is 2.70. The molecule has 0 spiro atoms. The summed E-state index contributed by atoms with van der Waals surface area (Å²) in [4.78, 5) is 26.8. The number of hydrogen-bond donors (Lipinski definition) is 1. The second kappa shape index (κ2) is 8.40. The lowest BCUT2D eigenvalue weighted by molar-refractivity contribution is 0.0790. The predicted molar refractivity (Wildman–Crippen MR) is 106 cm³/mol. The number of pyridine rings is 1. The molecule has 0 aliphatic carbocycles. The van der Waals surface area contributed by atoms with Gasteiger partial charge in [-0.3, -0.25) is 9.78 Å². The summed E-state index contributed by atoms with van der Waals surface area (Å²) in [6.07, 6.45) is 7.38. The van der Waals surface area contributed by atoms with E-state index in [9.17, 15) is 4.79 Å². The molecule has 0 unspecified atom stereocenters. The van der Waals surface area contributed by atoms with Crippen LogP contribution in [0.4, 0.5) is 11.5 Å². The largest absolute Gasteiger partial charge is 0.340 e. The SMILES string of the molecule is Cc1ccc(C)c(Nc2cnc(C(=O)N(C)CCc3ccncc3)cn2)c1. The summed E-state index contributed by atoms with van der Waals surface area (Å²) >= 11 is 0. The molecule has 0 radical (unpaired) electrons. The quantitative estimate of drug-likeness (QED) is 0.727. The van der Waals surface area contributed by atoms with Crippen LogP contribution in [0.1, 0.15) is 27.2 Å². The molecule has 27 heavy (non-hydrogen) atoms. The molecule has 0 bridgehead atoms. The van der Waals surface area contributed by atoms with Crippen molar-refractivity contribution in [2.75, 3.05) is 18.9 Å². The minimum absolute atomic E-state index is 0.144. The summed E-state index contributed by atoms with van der Waals surface area (Å²) in [6, 6.07) is 10.1. The van der Waals surface area contributed by atoms with Gasteiger partial charge in [-0.05, 0) is 55.2 Å². The molecule has 0 aliphatic rings. The van der Waals surface area contributed by atoms with Crippen LogP contribution in [0.25, 0.3) is 0 Å². The number of anilines is 2. The normalized spacial score (nSPS) is 10.5. The molecule has 6 nitrogen and oxygen atoms in total. The number of aromatic nitrogens is 3. The Morgan fingerprint density at radius 1 is 1.07 bits per heavy atom. The van der Waals surface area contributed by atoms with Gasteiger partial charge >= 0.3 is 0 Å². The summed E-state index contributed by atoms with van der Waals surface area (Å²) in [5, 5.41) is 3.25. The fraction of sp³-hybridized carbons (Fsp3) is 0.238. The molecule has 0 saturated heterocycles. The van der Waals surface area contributed by atoms with Crippen LogP contribution in [-0.2, 0) is 6.42 Å². The van der Waals surface area contributed by atoms with Crippen LogP contribution in [0.15, 0.2) is 55.1 Å². The monoisotopic (exact) mass is 361 g/mol. The highest BCUT2D eigenvalue weighted by molar-refractivity contribution is 5.91. The van der Waals surface area contributed by atoms with E-state index < -0.39 is 0 Å². The molecule has 0 atom stereocenters. The standard InChI is InChI=1S/C21H23N5O/c1-15-4-5-16(2)18(12-15)25-20-14-23-19(13-24-20)21(27)26(3)11-8-17-6-9-22-10-7-17/h4-7,9-10,12-14H,8,11H2,1-3H3,(H,24,25). The van der Waals surface area contributed by atoms with Crippen molar-refractivity contribution in [3.63, 3.8) is 0 Å². The van der Waals surface area contributed by atoms with Gasteiger partial charge < -0.3 is 10.2 Å². The van der Waals surface area contributed by atoms with Crippen molar-refractivity contribution in [3.05, 3.63) is 77.5 Å². The molecule has 0 fully saturated rings. The summed E-state index contributed by atoms with van der Waals surface area (Å²) in [5.41, 5.74) is 4.75. The highest BCUT2D eigenvalue weighted by atomic mass is 16.2. The van der Waals surface area contributed by atoms with Gasteiger partial charge in [-0.15, -0.1) is 0 Å². The lowest BCUT2D eigenvalue weighted by Crippen LogP contribution is -2.29. The van der Waals surface area contributed by atoms with E-state index in [-0.39, 0.29) is 5.91 Å². The molecule has 3 rings (SSSR count). The van der Waals surface area contributed by atoms with Crippen molar-refractivity contribution in [2.45, 2.75) is 20.3 Å². The number of likely N-dealkylation sites (N-methyl/N-ethyl adjacent to an activating group) is 1. The Hall–Kier alpha value is -3.28. The Morgan fingerprint density at radius 2 is 1.85 bits per heavy atom. The Labute approximate surface area is 159 Å². The zero-order chi connectivity index (χ0) is 19.2. The average molecular weight is 361 g/mol. The molecule has 1 N–H and O–H groups in total.